The van der Waals surface area contributed by atoms with Crippen molar-refractivity contribution in [3.63, 3.8) is 0 Å². The van der Waals surface area contributed by atoms with Gasteiger partial charge in [0.1, 0.15) is 0 Å². The summed E-state index contributed by atoms with van der Waals surface area (Å²) in [4.78, 5) is 15.7. The van der Waals surface area contributed by atoms with Gasteiger partial charge in [-0.1, -0.05) is 0 Å². The molecule has 0 aromatic heterocycles. The minimum Gasteiger partial charge on any atom is -0.336 e. The molecule has 7 heteroatoms. The minimum absolute atomic E-state index is 0.174. The van der Waals surface area contributed by atoms with Crippen molar-refractivity contribution in [2.24, 2.45) is 0 Å². The number of halogens is 4. The lowest BCUT2D eigenvalue weighted by atomic mass is 10.1. The number of carbonyl (C=O) groups is 1. The van der Waals surface area contributed by atoms with E-state index >= 15 is 0 Å². The Kier molecular flexibility index (Phi) is 4.88. The van der Waals surface area contributed by atoms with Gasteiger partial charge < -0.3 is 4.90 Å². The van der Waals surface area contributed by atoms with Crippen LogP contribution in [-0.4, -0.2) is 54.3 Å². The second-order valence-corrected chi connectivity index (χ2v) is 4.95. The molecule has 0 radical (unpaired) electrons. The average molecular weight is 307 g/mol. The number of benzene rings is 1. The van der Waals surface area contributed by atoms with Crippen molar-refractivity contribution in [3.8, 4) is 0 Å². The van der Waals surface area contributed by atoms with Crippen LogP contribution in [-0.2, 0) is 0 Å². The summed E-state index contributed by atoms with van der Waals surface area (Å²) in [6.07, 6.45) is 0. The molecule has 20 heavy (non-hydrogen) atoms. The zero-order chi connectivity index (χ0) is 14.7. The van der Waals surface area contributed by atoms with E-state index < -0.39 is 23.4 Å². The van der Waals surface area contributed by atoms with Gasteiger partial charge in [0, 0.05) is 44.2 Å². The first-order valence-corrected chi connectivity index (χ1v) is 6.78. The first-order chi connectivity index (χ1) is 9.52. The van der Waals surface area contributed by atoms with Crippen LogP contribution in [0.15, 0.2) is 12.1 Å². The van der Waals surface area contributed by atoms with E-state index in [1.165, 1.54) is 4.90 Å². The molecule has 1 heterocycles. The van der Waals surface area contributed by atoms with Gasteiger partial charge in [0.05, 0.1) is 0 Å². The van der Waals surface area contributed by atoms with Crippen LogP contribution in [0.2, 0.25) is 0 Å². The zero-order valence-electron chi connectivity index (χ0n) is 10.7. The maximum absolute atomic E-state index is 13.1. The summed E-state index contributed by atoms with van der Waals surface area (Å²) in [5, 5.41) is 0. The first-order valence-electron chi connectivity index (χ1n) is 6.25. The predicted molar refractivity (Wildman–Crippen MR) is 69.4 cm³/mol. The Morgan fingerprint density at radius 3 is 2.15 bits per heavy atom. The van der Waals surface area contributed by atoms with E-state index in [1.807, 2.05) is 0 Å². The SMILES string of the molecule is O=C(c1cc(F)c(F)c(F)c1)N1CCN(CCCl)CC1. The van der Waals surface area contributed by atoms with Crippen LogP contribution in [0.5, 0.6) is 0 Å². The standard InChI is InChI=1S/C13H14ClF3N2O/c14-1-2-18-3-5-19(6-4-18)13(20)9-7-10(15)12(17)11(16)8-9/h7-8H,1-6H2. The number of rotatable bonds is 3. The van der Waals surface area contributed by atoms with Gasteiger partial charge in [0.2, 0.25) is 0 Å². The van der Waals surface area contributed by atoms with Crippen molar-refractivity contribution >= 4 is 17.5 Å². The smallest absolute Gasteiger partial charge is 0.254 e. The second-order valence-electron chi connectivity index (χ2n) is 4.58. The van der Waals surface area contributed by atoms with E-state index in [9.17, 15) is 18.0 Å². The Bertz CT molecular complexity index is 481. The quantitative estimate of drug-likeness (QED) is 0.631. The molecule has 1 fully saturated rings. The normalized spacial score (nSPS) is 16.5. The Hall–Kier alpha value is -1.27. The molecule has 2 rings (SSSR count). The summed E-state index contributed by atoms with van der Waals surface area (Å²) in [6, 6.07) is 1.46. The highest BCUT2D eigenvalue weighted by atomic mass is 35.5. The highest BCUT2D eigenvalue weighted by Gasteiger charge is 2.23. The Balaban J connectivity index is 2.06. The van der Waals surface area contributed by atoms with Crippen LogP contribution in [0.1, 0.15) is 10.4 Å². The third-order valence-corrected chi connectivity index (χ3v) is 3.46. The van der Waals surface area contributed by atoms with Crippen LogP contribution >= 0.6 is 11.6 Å². The minimum atomic E-state index is -1.56. The number of carbonyl (C=O) groups excluding carboxylic acids is 1. The molecule has 1 saturated heterocycles. The average Bonchev–Trinajstić information content (AvgIpc) is 2.44. The summed E-state index contributed by atoms with van der Waals surface area (Å²) < 4.78 is 39.1. The molecule has 0 spiro atoms. The highest BCUT2D eigenvalue weighted by Crippen LogP contribution is 2.16. The lowest BCUT2D eigenvalue weighted by Crippen LogP contribution is -2.49. The number of alkyl halides is 1. The van der Waals surface area contributed by atoms with E-state index in [1.54, 1.807) is 0 Å². The summed E-state index contributed by atoms with van der Waals surface area (Å²) in [6.45, 7) is 2.96. The summed E-state index contributed by atoms with van der Waals surface area (Å²) in [5.74, 6) is -4.24. The second kappa shape index (κ2) is 6.45. The van der Waals surface area contributed by atoms with Crippen molar-refractivity contribution in [1.29, 1.82) is 0 Å². The van der Waals surface area contributed by atoms with Gasteiger partial charge in [-0.05, 0) is 12.1 Å². The molecule has 1 aromatic carbocycles. The number of hydrogen-bond acceptors (Lipinski definition) is 2. The molecule has 0 unspecified atom stereocenters. The molecular formula is C13H14ClF3N2O. The molecule has 110 valence electrons. The molecule has 0 aliphatic carbocycles. The van der Waals surface area contributed by atoms with Crippen molar-refractivity contribution in [2.45, 2.75) is 0 Å². The van der Waals surface area contributed by atoms with E-state index in [2.05, 4.69) is 4.90 Å². The van der Waals surface area contributed by atoms with Gasteiger partial charge in [0.25, 0.3) is 5.91 Å². The fourth-order valence-corrected chi connectivity index (χ4v) is 2.39. The molecule has 0 atom stereocenters. The van der Waals surface area contributed by atoms with Gasteiger partial charge in [-0.2, -0.15) is 0 Å². The van der Waals surface area contributed by atoms with Crippen molar-refractivity contribution in [3.05, 3.63) is 35.1 Å². The molecule has 1 aliphatic heterocycles. The third kappa shape index (κ3) is 3.24. The zero-order valence-corrected chi connectivity index (χ0v) is 11.5. The largest absolute Gasteiger partial charge is 0.336 e. The van der Waals surface area contributed by atoms with Gasteiger partial charge in [0.15, 0.2) is 17.5 Å². The van der Waals surface area contributed by atoms with Gasteiger partial charge >= 0.3 is 0 Å². The summed E-state index contributed by atoms with van der Waals surface area (Å²) in [5.41, 5.74) is -0.174. The molecular weight excluding hydrogens is 293 g/mol. The summed E-state index contributed by atoms with van der Waals surface area (Å²) in [7, 11) is 0. The van der Waals surface area contributed by atoms with Crippen LogP contribution in [0.25, 0.3) is 0 Å². The van der Waals surface area contributed by atoms with Gasteiger partial charge in [-0.15, -0.1) is 11.6 Å². The predicted octanol–water partition coefficient (Wildman–Crippen LogP) is 2.10. The lowest BCUT2D eigenvalue weighted by Gasteiger charge is -2.34. The Labute approximate surface area is 119 Å². The van der Waals surface area contributed by atoms with Gasteiger partial charge in [-0.3, -0.25) is 9.69 Å². The topological polar surface area (TPSA) is 23.6 Å². The number of hydrogen-bond donors (Lipinski definition) is 0. The molecule has 0 bridgehead atoms. The fraction of sp³-hybridized carbons (Fsp3) is 0.462. The molecule has 1 aliphatic rings. The van der Waals surface area contributed by atoms with Crippen LogP contribution < -0.4 is 0 Å². The van der Waals surface area contributed by atoms with Crippen molar-refractivity contribution in [1.82, 2.24) is 9.80 Å². The van der Waals surface area contributed by atoms with Crippen LogP contribution in [0.3, 0.4) is 0 Å². The summed E-state index contributed by atoms with van der Waals surface area (Å²) >= 11 is 5.64. The molecule has 0 N–H and O–H groups in total. The molecule has 3 nitrogen and oxygen atoms in total. The Morgan fingerprint density at radius 1 is 1.10 bits per heavy atom. The van der Waals surface area contributed by atoms with E-state index in [0.717, 1.165) is 18.7 Å². The molecule has 1 aromatic rings. The van der Waals surface area contributed by atoms with Crippen molar-refractivity contribution in [2.75, 3.05) is 38.6 Å². The number of amides is 1. The first kappa shape index (κ1) is 15.1. The molecule has 1 amide bonds. The van der Waals surface area contributed by atoms with E-state index in [0.29, 0.717) is 32.1 Å². The van der Waals surface area contributed by atoms with Crippen molar-refractivity contribution < 1.29 is 18.0 Å². The van der Waals surface area contributed by atoms with Crippen LogP contribution in [0.4, 0.5) is 13.2 Å². The van der Waals surface area contributed by atoms with E-state index in [-0.39, 0.29) is 5.56 Å². The Morgan fingerprint density at radius 2 is 1.65 bits per heavy atom. The number of nitrogens with zero attached hydrogens (tertiary/aromatic N) is 2. The number of piperazine rings is 1. The monoisotopic (exact) mass is 306 g/mol. The fourth-order valence-electron chi connectivity index (χ4n) is 2.16. The lowest BCUT2D eigenvalue weighted by molar-refractivity contribution is 0.0643. The van der Waals surface area contributed by atoms with Gasteiger partial charge in [-0.25, -0.2) is 13.2 Å². The molecule has 0 saturated carbocycles. The van der Waals surface area contributed by atoms with Crippen LogP contribution in [0, 0.1) is 17.5 Å². The highest BCUT2D eigenvalue weighted by molar-refractivity contribution is 6.18. The third-order valence-electron chi connectivity index (χ3n) is 3.29. The van der Waals surface area contributed by atoms with E-state index in [4.69, 9.17) is 11.6 Å². The maximum atomic E-state index is 13.1. The maximum Gasteiger partial charge on any atom is 0.254 e.